The predicted molar refractivity (Wildman–Crippen MR) is 63.1 cm³/mol. The van der Waals surface area contributed by atoms with Gasteiger partial charge in [-0.25, -0.2) is 0 Å². The number of hydrogen-bond donors (Lipinski definition) is 1. The lowest BCUT2D eigenvalue weighted by atomic mass is 9.76. The molecule has 0 spiro atoms. The Morgan fingerprint density at radius 2 is 2.00 bits per heavy atom. The second-order valence-corrected chi connectivity index (χ2v) is 5.26. The van der Waals surface area contributed by atoms with Crippen molar-refractivity contribution in [2.45, 2.75) is 45.6 Å². The molecule has 1 aliphatic rings. The van der Waals surface area contributed by atoms with Crippen LogP contribution in [0.3, 0.4) is 0 Å². The Hall–Kier alpha value is -1.32. The first-order valence-electron chi connectivity index (χ1n) is 5.79. The first kappa shape index (κ1) is 11.2. The standard InChI is InChI=1S/C12H19N3O/c1-12(2)5-3-9(4-6-12)16-11-8-14-7-10(13)15-11/h7-9H,3-6H2,1-2H3,(H2,13,15). The highest BCUT2D eigenvalue weighted by molar-refractivity contribution is 5.26. The van der Waals surface area contributed by atoms with Gasteiger partial charge in [0.1, 0.15) is 11.9 Å². The first-order valence-corrected chi connectivity index (χ1v) is 5.79. The minimum Gasteiger partial charge on any atom is -0.473 e. The van der Waals surface area contributed by atoms with Crippen LogP contribution in [0.15, 0.2) is 12.4 Å². The summed E-state index contributed by atoms with van der Waals surface area (Å²) in [7, 11) is 0. The van der Waals surface area contributed by atoms with Crippen LogP contribution in [0.25, 0.3) is 0 Å². The fraction of sp³-hybridized carbons (Fsp3) is 0.667. The highest BCUT2D eigenvalue weighted by Gasteiger charge is 2.27. The van der Waals surface area contributed by atoms with Gasteiger partial charge in [-0.3, -0.25) is 4.98 Å². The monoisotopic (exact) mass is 221 g/mol. The zero-order valence-electron chi connectivity index (χ0n) is 9.94. The van der Waals surface area contributed by atoms with Crippen molar-refractivity contribution in [3.05, 3.63) is 12.4 Å². The van der Waals surface area contributed by atoms with Gasteiger partial charge in [-0.05, 0) is 31.1 Å². The average Bonchev–Trinajstić information content (AvgIpc) is 2.21. The van der Waals surface area contributed by atoms with Gasteiger partial charge in [-0.15, -0.1) is 0 Å². The quantitative estimate of drug-likeness (QED) is 0.833. The van der Waals surface area contributed by atoms with E-state index in [1.165, 1.54) is 19.0 Å². The molecule has 1 aliphatic carbocycles. The lowest BCUT2D eigenvalue weighted by Gasteiger charge is -2.33. The Morgan fingerprint density at radius 3 is 2.62 bits per heavy atom. The second-order valence-electron chi connectivity index (χ2n) is 5.26. The zero-order chi connectivity index (χ0) is 11.6. The van der Waals surface area contributed by atoms with Gasteiger partial charge in [0.2, 0.25) is 5.88 Å². The smallest absolute Gasteiger partial charge is 0.234 e. The van der Waals surface area contributed by atoms with E-state index in [1.807, 2.05) is 0 Å². The van der Waals surface area contributed by atoms with Crippen molar-refractivity contribution >= 4 is 5.82 Å². The number of nitrogens with two attached hydrogens (primary N) is 1. The van der Waals surface area contributed by atoms with Gasteiger partial charge >= 0.3 is 0 Å². The van der Waals surface area contributed by atoms with E-state index >= 15 is 0 Å². The summed E-state index contributed by atoms with van der Waals surface area (Å²) in [5.41, 5.74) is 6.01. The molecule has 88 valence electrons. The molecule has 2 rings (SSSR count). The summed E-state index contributed by atoms with van der Waals surface area (Å²) in [5.74, 6) is 0.957. The van der Waals surface area contributed by atoms with E-state index in [0.29, 0.717) is 17.1 Å². The van der Waals surface area contributed by atoms with Gasteiger partial charge < -0.3 is 10.5 Å². The maximum Gasteiger partial charge on any atom is 0.234 e. The minimum atomic E-state index is 0.268. The summed E-state index contributed by atoms with van der Waals surface area (Å²) in [4.78, 5) is 8.06. The second kappa shape index (κ2) is 4.28. The molecule has 0 atom stereocenters. The Balaban J connectivity index is 1.92. The van der Waals surface area contributed by atoms with Crippen molar-refractivity contribution < 1.29 is 4.74 Å². The molecule has 4 heteroatoms. The molecular weight excluding hydrogens is 202 g/mol. The van der Waals surface area contributed by atoms with Gasteiger partial charge in [-0.2, -0.15) is 4.98 Å². The molecule has 1 aromatic heterocycles. The van der Waals surface area contributed by atoms with Crippen molar-refractivity contribution in [2.75, 3.05) is 5.73 Å². The van der Waals surface area contributed by atoms with Gasteiger partial charge in [0, 0.05) is 0 Å². The molecular formula is C12H19N3O. The van der Waals surface area contributed by atoms with E-state index in [1.54, 1.807) is 6.20 Å². The number of nitrogen functional groups attached to an aromatic ring is 1. The number of ether oxygens (including phenoxy) is 1. The Bertz CT molecular complexity index is 355. The largest absolute Gasteiger partial charge is 0.473 e. The maximum absolute atomic E-state index is 5.78. The molecule has 1 aromatic rings. The summed E-state index contributed by atoms with van der Waals surface area (Å²) in [5, 5.41) is 0. The number of anilines is 1. The van der Waals surface area contributed by atoms with Crippen LogP contribution in [-0.4, -0.2) is 16.1 Å². The molecule has 0 bridgehead atoms. The highest BCUT2D eigenvalue weighted by atomic mass is 16.5. The topological polar surface area (TPSA) is 61.0 Å². The molecule has 0 saturated heterocycles. The fourth-order valence-corrected chi connectivity index (χ4v) is 2.08. The van der Waals surface area contributed by atoms with Crippen molar-refractivity contribution in [1.29, 1.82) is 0 Å². The van der Waals surface area contributed by atoms with Crippen LogP contribution in [-0.2, 0) is 0 Å². The van der Waals surface area contributed by atoms with E-state index in [2.05, 4.69) is 23.8 Å². The summed E-state index contributed by atoms with van der Waals surface area (Å²) in [6.45, 7) is 4.62. The molecule has 1 saturated carbocycles. The third kappa shape index (κ3) is 2.84. The van der Waals surface area contributed by atoms with Gasteiger partial charge in [0.15, 0.2) is 0 Å². The molecule has 0 unspecified atom stereocenters. The molecule has 0 aliphatic heterocycles. The van der Waals surface area contributed by atoms with Crippen LogP contribution in [0, 0.1) is 5.41 Å². The highest BCUT2D eigenvalue weighted by Crippen LogP contribution is 2.36. The van der Waals surface area contributed by atoms with Crippen molar-refractivity contribution in [1.82, 2.24) is 9.97 Å². The number of rotatable bonds is 2. The maximum atomic E-state index is 5.78. The van der Waals surface area contributed by atoms with Crippen LogP contribution < -0.4 is 10.5 Å². The van der Waals surface area contributed by atoms with Gasteiger partial charge in [0.25, 0.3) is 0 Å². The molecule has 4 nitrogen and oxygen atoms in total. The molecule has 1 fully saturated rings. The Morgan fingerprint density at radius 1 is 1.31 bits per heavy atom. The van der Waals surface area contributed by atoms with Crippen LogP contribution >= 0.6 is 0 Å². The Kier molecular flexibility index (Phi) is 2.99. The third-order valence-corrected chi connectivity index (χ3v) is 3.20. The molecule has 16 heavy (non-hydrogen) atoms. The summed E-state index contributed by atoms with van der Waals surface area (Å²) in [6, 6.07) is 0. The van der Waals surface area contributed by atoms with Gasteiger partial charge in [-0.1, -0.05) is 13.8 Å². The molecule has 0 radical (unpaired) electrons. The van der Waals surface area contributed by atoms with Crippen molar-refractivity contribution in [2.24, 2.45) is 5.41 Å². The molecule has 2 N–H and O–H groups in total. The predicted octanol–water partition coefficient (Wildman–Crippen LogP) is 2.41. The fourth-order valence-electron chi connectivity index (χ4n) is 2.08. The van der Waals surface area contributed by atoms with E-state index in [4.69, 9.17) is 10.5 Å². The van der Waals surface area contributed by atoms with Crippen LogP contribution in [0.5, 0.6) is 5.88 Å². The Labute approximate surface area is 96.2 Å². The van der Waals surface area contributed by atoms with Crippen molar-refractivity contribution in [3.63, 3.8) is 0 Å². The van der Waals surface area contributed by atoms with E-state index < -0.39 is 0 Å². The lowest BCUT2D eigenvalue weighted by Crippen LogP contribution is -2.28. The van der Waals surface area contributed by atoms with Crippen LogP contribution in [0.2, 0.25) is 0 Å². The van der Waals surface area contributed by atoms with Crippen molar-refractivity contribution in [3.8, 4) is 5.88 Å². The van der Waals surface area contributed by atoms with E-state index in [0.717, 1.165) is 12.8 Å². The number of nitrogens with zero attached hydrogens (tertiary/aromatic N) is 2. The molecule has 1 heterocycles. The summed E-state index contributed by atoms with van der Waals surface area (Å²) >= 11 is 0. The van der Waals surface area contributed by atoms with E-state index in [-0.39, 0.29) is 6.10 Å². The molecule has 0 amide bonds. The number of aromatic nitrogens is 2. The third-order valence-electron chi connectivity index (χ3n) is 3.20. The van der Waals surface area contributed by atoms with Crippen LogP contribution in [0.1, 0.15) is 39.5 Å². The van der Waals surface area contributed by atoms with Crippen LogP contribution in [0.4, 0.5) is 5.82 Å². The zero-order valence-corrected chi connectivity index (χ0v) is 9.94. The normalized spacial score (nSPS) is 20.6. The summed E-state index contributed by atoms with van der Waals surface area (Å²) < 4.78 is 5.78. The van der Waals surface area contributed by atoms with E-state index in [9.17, 15) is 0 Å². The SMILES string of the molecule is CC1(C)CCC(Oc2cncc(N)n2)CC1. The average molecular weight is 221 g/mol. The minimum absolute atomic E-state index is 0.268. The number of hydrogen-bond acceptors (Lipinski definition) is 4. The van der Waals surface area contributed by atoms with Gasteiger partial charge in [0.05, 0.1) is 12.4 Å². The molecule has 0 aromatic carbocycles. The first-order chi connectivity index (χ1) is 7.55. The lowest BCUT2D eigenvalue weighted by molar-refractivity contribution is 0.0947. The summed E-state index contributed by atoms with van der Waals surface area (Å²) in [6.07, 6.45) is 7.99.